The molecule has 8 nitrogen and oxygen atoms in total. The molecule has 170 valence electrons. The summed E-state index contributed by atoms with van der Waals surface area (Å²) < 4.78 is 21.6. The lowest BCUT2D eigenvalue weighted by molar-refractivity contribution is 0.0699. The molecular weight excluding hydrogens is 396 g/mol. The summed E-state index contributed by atoms with van der Waals surface area (Å²) in [4.78, 5) is 13.6. The third-order valence-corrected chi connectivity index (χ3v) is 5.27. The maximum absolute atomic E-state index is 5.74. The van der Waals surface area contributed by atoms with E-state index in [1.165, 1.54) is 5.56 Å². The van der Waals surface area contributed by atoms with Gasteiger partial charge < -0.3 is 23.8 Å². The molecule has 0 aromatic carbocycles. The molecule has 1 atom stereocenters. The molecule has 1 fully saturated rings. The number of pyridine rings is 2. The molecule has 2 aromatic heterocycles. The van der Waals surface area contributed by atoms with E-state index in [-0.39, 0.29) is 6.10 Å². The summed E-state index contributed by atoms with van der Waals surface area (Å²) in [5.74, 6) is 1.31. The van der Waals surface area contributed by atoms with E-state index >= 15 is 0 Å². The molecule has 3 rings (SSSR count). The Hall–Kier alpha value is -2.42. The van der Waals surface area contributed by atoms with Crippen LogP contribution < -0.4 is 14.4 Å². The molecule has 0 amide bonds. The van der Waals surface area contributed by atoms with Crippen molar-refractivity contribution in [1.82, 2.24) is 14.9 Å². The van der Waals surface area contributed by atoms with Crippen LogP contribution in [-0.4, -0.2) is 81.2 Å². The van der Waals surface area contributed by atoms with Gasteiger partial charge in [-0.25, -0.2) is 9.97 Å². The van der Waals surface area contributed by atoms with Crippen LogP contribution >= 0.6 is 0 Å². The van der Waals surface area contributed by atoms with E-state index in [0.29, 0.717) is 31.6 Å². The number of methoxy groups -OCH3 is 2. The lowest BCUT2D eigenvalue weighted by Crippen LogP contribution is -2.46. The molecule has 1 aliphatic heterocycles. The van der Waals surface area contributed by atoms with Gasteiger partial charge in [0.15, 0.2) is 0 Å². The third-order valence-electron chi connectivity index (χ3n) is 5.27. The maximum Gasteiger partial charge on any atom is 0.215 e. The van der Waals surface area contributed by atoms with Gasteiger partial charge in [0.25, 0.3) is 0 Å². The van der Waals surface area contributed by atoms with Gasteiger partial charge in [0.1, 0.15) is 6.61 Å². The molecule has 8 heteroatoms. The zero-order chi connectivity index (χ0) is 21.9. The Morgan fingerprint density at radius 2 is 1.81 bits per heavy atom. The standard InChI is InChI=1S/C23H34N4O4/c1-19(29-3)18-31-23-15-21(7-8-24-23)27-11-9-26(10-12-27)17-20-5-6-22(25-16-20)30-14-4-13-28-2/h5-8,15-16,19H,4,9-14,17-18H2,1-3H3/t19-/m0/s1. The van der Waals surface area contributed by atoms with E-state index in [4.69, 9.17) is 18.9 Å². The smallest absolute Gasteiger partial charge is 0.215 e. The van der Waals surface area contributed by atoms with Gasteiger partial charge in [0.2, 0.25) is 11.8 Å². The fourth-order valence-electron chi connectivity index (χ4n) is 3.34. The average Bonchev–Trinajstić information content (AvgIpc) is 2.82. The number of piperazine rings is 1. The Morgan fingerprint density at radius 1 is 0.968 bits per heavy atom. The molecule has 0 radical (unpaired) electrons. The van der Waals surface area contributed by atoms with Crippen LogP contribution in [0.5, 0.6) is 11.8 Å². The Bertz CT molecular complexity index is 766. The number of hydrogen-bond donors (Lipinski definition) is 0. The van der Waals surface area contributed by atoms with Crippen LogP contribution in [0.2, 0.25) is 0 Å². The largest absolute Gasteiger partial charge is 0.478 e. The van der Waals surface area contributed by atoms with Crippen LogP contribution in [0, 0.1) is 0 Å². The van der Waals surface area contributed by atoms with E-state index in [1.54, 1.807) is 20.4 Å². The number of hydrogen-bond acceptors (Lipinski definition) is 8. The minimum atomic E-state index is 0.0415. The molecule has 0 saturated carbocycles. The first-order chi connectivity index (χ1) is 15.2. The van der Waals surface area contributed by atoms with Crippen LogP contribution in [0.3, 0.4) is 0 Å². The number of nitrogens with zero attached hydrogens (tertiary/aromatic N) is 4. The van der Waals surface area contributed by atoms with E-state index in [9.17, 15) is 0 Å². The Balaban J connectivity index is 1.43. The Labute approximate surface area is 185 Å². The molecule has 2 aromatic rings. The predicted molar refractivity (Wildman–Crippen MR) is 120 cm³/mol. The first-order valence-corrected chi connectivity index (χ1v) is 10.8. The molecular formula is C23H34N4O4. The summed E-state index contributed by atoms with van der Waals surface area (Å²) in [6.07, 6.45) is 4.62. The average molecular weight is 431 g/mol. The maximum atomic E-state index is 5.74. The van der Waals surface area contributed by atoms with Crippen molar-refractivity contribution in [3.05, 3.63) is 42.2 Å². The molecule has 1 saturated heterocycles. The number of anilines is 1. The van der Waals surface area contributed by atoms with Gasteiger partial charge in [-0.15, -0.1) is 0 Å². The third kappa shape index (κ3) is 7.65. The van der Waals surface area contributed by atoms with Gasteiger partial charge in [-0.05, 0) is 18.6 Å². The zero-order valence-electron chi connectivity index (χ0n) is 18.8. The van der Waals surface area contributed by atoms with Crippen molar-refractivity contribution in [2.24, 2.45) is 0 Å². The summed E-state index contributed by atoms with van der Waals surface area (Å²) >= 11 is 0. The van der Waals surface area contributed by atoms with Gasteiger partial charge in [-0.3, -0.25) is 4.90 Å². The van der Waals surface area contributed by atoms with Gasteiger partial charge in [0.05, 0.1) is 12.7 Å². The normalized spacial score (nSPS) is 15.6. The van der Waals surface area contributed by atoms with Crippen molar-refractivity contribution in [2.45, 2.75) is 26.0 Å². The SMILES string of the molecule is COCCCOc1ccc(CN2CCN(c3ccnc(OC[C@H](C)OC)c3)CC2)cn1. The zero-order valence-corrected chi connectivity index (χ0v) is 18.8. The fraction of sp³-hybridized carbons (Fsp3) is 0.565. The molecule has 3 heterocycles. The van der Waals surface area contributed by atoms with Crippen LogP contribution in [0.15, 0.2) is 36.7 Å². The highest BCUT2D eigenvalue weighted by atomic mass is 16.5. The molecule has 0 N–H and O–H groups in total. The van der Waals surface area contributed by atoms with Crippen molar-refractivity contribution >= 4 is 5.69 Å². The Morgan fingerprint density at radius 3 is 2.52 bits per heavy atom. The van der Waals surface area contributed by atoms with Gasteiger partial charge in [-0.1, -0.05) is 6.07 Å². The summed E-state index contributed by atoms with van der Waals surface area (Å²) in [6, 6.07) is 8.09. The first kappa shape index (κ1) is 23.2. The second-order valence-corrected chi connectivity index (χ2v) is 7.67. The minimum Gasteiger partial charge on any atom is -0.478 e. The highest BCUT2D eigenvalue weighted by molar-refractivity contribution is 5.48. The molecule has 0 bridgehead atoms. The number of aromatic nitrogens is 2. The summed E-state index contributed by atoms with van der Waals surface area (Å²) in [6.45, 7) is 8.60. The number of ether oxygens (including phenoxy) is 4. The van der Waals surface area contributed by atoms with Crippen molar-refractivity contribution in [3.8, 4) is 11.8 Å². The van der Waals surface area contributed by atoms with E-state index < -0.39 is 0 Å². The second-order valence-electron chi connectivity index (χ2n) is 7.67. The Kier molecular flexibility index (Phi) is 9.33. The van der Waals surface area contributed by atoms with E-state index in [0.717, 1.165) is 44.8 Å². The van der Waals surface area contributed by atoms with Crippen molar-refractivity contribution < 1.29 is 18.9 Å². The minimum absolute atomic E-state index is 0.0415. The van der Waals surface area contributed by atoms with Crippen molar-refractivity contribution in [3.63, 3.8) is 0 Å². The van der Waals surface area contributed by atoms with Crippen LogP contribution in [-0.2, 0) is 16.0 Å². The summed E-state index contributed by atoms with van der Waals surface area (Å²) in [5, 5.41) is 0. The van der Waals surface area contributed by atoms with Gasteiger partial charge in [0, 0.05) is 90.2 Å². The van der Waals surface area contributed by atoms with Gasteiger partial charge in [-0.2, -0.15) is 0 Å². The van der Waals surface area contributed by atoms with Crippen molar-refractivity contribution in [2.75, 3.05) is 65.1 Å². The second kappa shape index (κ2) is 12.4. The summed E-state index contributed by atoms with van der Waals surface area (Å²) in [5.41, 5.74) is 2.34. The lowest BCUT2D eigenvalue weighted by atomic mass is 10.2. The molecule has 0 spiro atoms. The highest BCUT2D eigenvalue weighted by Gasteiger charge is 2.18. The molecule has 0 unspecified atom stereocenters. The quantitative estimate of drug-likeness (QED) is 0.476. The monoisotopic (exact) mass is 430 g/mol. The molecule has 0 aliphatic carbocycles. The highest BCUT2D eigenvalue weighted by Crippen LogP contribution is 2.21. The van der Waals surface area contributed by atoms with E-state index in [2.05, 4.69) is 25.8 Å². The topological polar surface area (TPSA) is 69.2 Å². The predicted octanol–water partition coefficient (Wildman–Crippen LogP) is 2.63. The number of rotatable bonds is 12. The fourth-order valence-corrected chi connectivity index (χ4v) is 3.34. The van der Waals surface area contributed by atoms with Crippen LogP contribution in [0.25, 0.3) is 0 Å². The van der Waals surface area contributed by atoms with Crippen LogP contribution in [0.1, 0.15) is 18.9 Å². The van der Waals surface area contributed by atoms with Crippen LogP contribution in [0.4, 0.5) is 5.69 Å². The summed E-state index contributed by atoms with van der Waals surface area (Å²) in [7, 11) is 3.38. The van der Waals surface area contributed by atoms with Crippen molar-refractivity contribution in [1.29, 1.82) is 0 Å². The molecule has 1 aliphatic rings. The lowest BCUT2D eigenvalue weighted by Gasteiger charge is -2.36. The van der Waals surface area contributed by atoms with E-state index in [1.807, 2.05) is 31.3 Å². The molecule has 31 heavy (non-hydrogen) atoms. The van der Waals surface area contributed by atoms with Gasteiger partial charge >= 0.3 is 0 Å². The first-order valence-electron chi connectivity index (χ1n) is 10.8.